The fraction of sp³-hybridized carbons (Fsp3) is 0.923. The van der Waals surface area contributed by atoms with Gasteiger partial charge in [0.1, 0.15) is 5.60 Å². The zero-order valence-electron chi connectivity index (χ0n) is 11.8. The van der Waals surface area contributed by atoms with Crippen molar-refractivity contribution in [2.45, 2.75) is 44.8 Å². The second kappa shape index (κ2) is 7.71. The van der Waals surface area contributed by atoms with Gasteiger partial charge in [-0.25, -0.2) is 0 Å². The van der Waals surface area contributed by atoms with E-state index < -0.39 is 5.60 Å². The van der Waals surface area contributed by atoms with Crippen molar-refractivity contribution in [1.82, 2.24) is 10.6 Å². The minimum atomic E-state index is -0.754. The normalized spacial score (nSPS) is 17.7. The summed E-state index contributed by atoms with van der Waals surface area (Å²) >= 11 is 0. The lowest BCUT2D eigenvalue weighted by atomic mass is 10.1. The Morgan fingerprint density at radius 2 is 2.06 bits per heavy atom. The van der Waals surface area contributed by atoms with Crippen LogP contribution < -0.4 is 10.6 Å². The van der Waals surface area contributed by atoms with Gasteiger partial charge in [0, 0.05) is 20.3 Å². The first kappa shape index (κ1) is 15.4. The van der Waals surface area contributed by atoms with Gasteiger partial charge in [0.05, 0.1) is 6.10 Å². The van der Waals surface area contributed by atoms with Gasteiger partial charge in [-0.15, -0.1) is 0 Å². The highest BCUT2D eigenvalue weighted by Gasteiger charge is 2.26. The molecule has 5 nitrogen and oxygen atoms in total. The third-order valence-corrected chi connectivity index (χ3v) is 3.30. The van der Waals surface area contributed by atoms with E-state index in [4.69, 9.17) is 9.47 Å². The van der Waals surface area contributed by atoms with E-state index in [0.29, 0.717) is 19.3 Å². The second-order valence-electron chi connectivity index (χ2n) is 5.14. The van der Waals surface area contributed by atoms with Crippen LogP contribution in [0.5, 0.6) is 0 Å². The quantitative estimate of drug-likeness (QED) is 0.660. The molecule has 1 aliphatic heterocycles. The maximum Gasteiger partial charge on any atom is 0.251 e. The molecule has 1 heterocycles. The summed E-state index contributed by atoms with van der Waals surface area (Å²) in [7, 11) is 1.54. The van der Waals surface area contributed by atoms with Gasteiger partial charge < -0.3 is 20.1 Å². The molecule has 0 spiro atoms. The number of hydrogen-bond acceptors (Lipinski definition) is 4. The lowest BCUT2D eigenvalue weighted by Gasteiger charge is -2.23. The molecule has 0 aliphatic carbocycles. The van der Waals surface area contributed by atoms with Crippen LogP contribution in [0.3, 0.4) is 0 Å². The van der Waals surface area contributed by atoms with Crippen LogP contribution in [0.1, 0.15) is 33.1 Å². The molecule has 0 radical (unpaired) electrons. The Hall–Kier alpha value is -0.650. The Morgan fingerprint density at radius 1 is 1.39 bits per heavy atom. The smallest absolute Gasteiger partial charge is 0.251 e. The standard InChI is InChI=1S/C13H26N2O3/c1-13(2,17-3)12(16)15-7-4-10-18-11-5-8-14-9-6-11/h11,14H,4-10H2,1-3H3,(H,15,16). The van der Waals surface area contributed by atoms with Crippen molar-refractivity contribution in [2.24, 2.45) is 0 Å². The topological polar surface area (TPSA) is 59.6 Å². The molecule has 1 aliphatic rings. The molecular formula is C13H26N2O3. The first-order valence-corrected chi connectivity index (χ1v) is 6.72. The summed E-state index contributed by atoms with van der Waals surface area (Å²) in [6.07, 6.45) is 3.40. The summed E-state index contributed by atoms with van der Waals surface area (Å²) < 4.78 is 10.9. The molecule has 0 aromatic heterocycles. The summed E-state index contributed by atoms with van der Waals surface area (Å²) in [4.78, 5) is 11.7. The van der Waals surface area contributed by atoms with Gasteiger partial charge in [-0.1, -0.05) is 0 Å². The van der Waals surface area contributed by atoms with Gasteiger partial charge >= 0.3 is 0 Å². The van der Waals surface area contributed by atoms with Gasteiger partial charge in [-0.2, -0.15) is 0 Å². The fourth-order valence-corrected chi connectivity index (χ4v) is 1.79. The average Bonchev–Trinajstić information content (AvgIpc) is 2.39. The van der Waals surface area contributed by atoms with E-state index >= 15 is 0 Å². The Morgan fingerprint density at radius 3 is 2.67 bits per heavy atom. The van der Waals surface area contributed by atoms with Crippen molar-refractivity contribution >= 4 is 5.91 Å². The zero-order valence-corrected chi connectivity index (χ0v) is 11.8. The van der Waals surface area contributed by atoms with Crippen molar-refractivity contribution in [3.05, 3.63) is 0 Å². The maximum atomic E-state index is 11.7. The number of nitrogens with one attached hydrogen (secondary N) is 2. The molecular weight excluding hydrogens is 232 g/mol. The third kappa shape index (κ3) is 5.33. The minimum Gasteiger partial charge on any atom is -0.378 e. The highest BCUT2D eigenvalue weighted by molar-refractivity contribution is 5.84. The van der Waals surface area contributed by atoms with Crippen molar-refractivity contribution < 1.29 is 14.3 Å². The van der Waals surface area contributed by atoms with E-state index in [9.17, 15) is 4.79 Å². The van der Waals surface area contributed by atoms with Gasteiger partial charge in [0.15, 0.2) is 0 Å². The maximum absolute atomic E-state index is 11.7. The van der Waals surface area contributed by atoms with E-state index in [0.717, 1.165) is 32.4 Å². The molecule has 18 heavy (non-hydrogen) atoms. The minimum absolute atomic E-state index is 0.0770. The first-order valence-electron chi connectivity index (χ1n) is 6.72. The van der Waals surface area contributed by atoms with Crippen LogP contribution in [-0.4, -0.2) is 51.0 Å². The lowest BCUT2D eigenvalue weighted by molar-refractivity contribution is -0.139. The van der Waals surface area contributed by atoms with E-state index in [1.54, 1.807) is 21.0 Å². The average molecular weight is 258 g/mol. The molecule has 1 rings (SSSR count). The monoisotopic (exact) mass is 258 g/mol. The lowest BCUT2D eigenvalue weighted by Crippen LogP contribution is -2.44. The number of amides is 1. The Labute approximate surface area is 110 Å². The molecule has 5 heteroatoms. The van der Waals surface area contributed by atoms with Crippen molar-refractivity contribution in [2.75, 3.05) is 33.4 Å². The van der Waals surface area contributed by atoms with Crippen LogP contribution in [0.25, 0.3) is 0 Å². The molecule has 106 valence electrons. The van der Waals surface area contributed by atoms with Gasteiger partial charge in [-0.05, 0) is 46.2 Å². The van der Waals surface area contributed by atoms with Gasteiger partial charge in [0.25, 0.3) is 5.91 Å². The summed E-state index contributed by atoms with van der Waals surface area (Å²) in [6, 6.07) is 0. The number of piperidine rings is 1. The first-order chi connectivity index (χ1) is 8.56. The highest BCUT2D eigenvalue weighted by Crippen LogP contribution is 2.08. The van der Waals surface area contributed by atoms with Crippen molar-refractivity contribution in [3.63, 3.8) is 0 Å². The summed E-state index contributed by atoms with van der Waals surface area (Å²) in [5.41, 5.74) is -0.754. The van der Waals surface area contributed by atoms with Crippen LogP contribution >= 0.6 is 0 Å². The predicted octanol–water partition coefficient (Wildman–Crippen LogP) is 0.686. The summed E-state index contributed by atoms with van der Waals surface area (Å²) in [6.45, 7) is 6.95. The molecule has 2 N–H and O–H groups in total. The number of hydrogen-bond donors (Lipinski definition) is 2. The van der Waals surface area contributed by atoms with Crippen LogP contribution in [-0.2, 0) is 14.3 Å². The Bertz CT molecular complexity index is 251. The Kier molecular flexibility index (Phi) is 6.60. The van der Waals surface area contributed by atoms with Crippen molar-refractivity contribution in [1.29, 1.82) is 0 Å². The van der Waals surface area contributed by atoms with Crippen LogP contribution in [0.15, 0.2) is 0 Å². The largest absolute Gasteiger partial charge is 0.378 e. The van der Waals surface area contributed by atoms with Gasteiger partial charge in [0.2, 0.25) is 0 Å². The van der Waals surface area contributed by atoms with Crippen LogP contribution in [0.2, 0.25) is 0 Å². The Balaban J connectivity index is 2.03. The molecule has 0 aromatic rings. The predicted molar refractivity (Wildman–Crippen MR) is 70.6 cm³/mol. The second-order valence-corrected chi connectivity index (χ2v) is 5.14. The fourth-order valence-electron chi connectivity index (χ4n) is 1.79. The molecule has 0 saturated carbocycles. The van der Waals surface area contributed by atoms with Gasteiger partial charge in [-0.3, -0.25) is 4.79 Å². The van der Waals surface area contributed by atoms with E-state index in [1.165, 1.54) is 0 Å². The molecule has 1 saturated heterocycles. The van der Waals surface area contributed by atoms with E-state index in [2.05, 4.69) is 10.6 Å². The molecule has 0 bridgehead atoms. The summed E-state index contributed by atoms with van der Waals surface area (Å²) in [5, 5.41) is 6.16. The van der Waals surface area contributed by atoms with Crippen LogP contribution in [0.4, 0.5) is 0 Å². The zero-order chi connectivity index (χ0) is 13.4. The highest BCUT2D eigenvalue weighted by atomic mass is 16.5. The molecule has 0 atom stereocenters. The molecule has 1 fully saturated rings. The van der Waals surface area contributed by atoms with Crippen molar-refractivity contribution in [3.8, 4) is 0 Å². The van der Waals surface area contributed by atoms with Crippen LogP contribution in [0, 0.1) is 0 Å². The van der Waals surface area contributed by atoms with E-state index in [1.807, 2.05) is 0 Å². The number of carbonyl (C=O) groups excluding carboxylic acids is 1. The molecule has 0 unspecified atom stereocenters. The third-order valence-electron chi connectivity index (χ3n) is 3.30. The SMILES string of the molecule is COC(C)(C)C(=O)NCCCOC1CCNCC1. The molecule has 0 aromatic carbocycles. The number of ether oxygens (including phenoxy) is 2. The number of carbonyl (C=O) groups is 1. The number of methoxy groups -OCH3 is 1. The molecule has 1 amide bonds. The number of rotatable bonds is 7. The summed E-state index contributed by atoms with van der Waals surface area (Å²) in [5.74, 6) is -0.0770. The van der Waals surface area contributed by atoms with E-state index in [-0.39, 0.29) is 5.91 Å².